The maximum atomic E-state index is 11.2. The van der Waals surface area contributed by atoms with Crippen molar-refractivity contribution in [3.05, 3.63) is 35.5 Å². The summed E-state index contributed by atoms with van der Waals surface area (Å²) in [5, 5.41) is 3.66. The Morgan fingerprint density at radius 1 is 1.35 bits per heavy atom. The number of aromatic nitrogens is 1. The van der Waals surface area contributed by atoms with Crippen molar-refractivity contribution in [3.63, 3.8) is 0 Å². The molecule has 0 saturated carbocycles. The third kappa shape index (κ3) is 3.26. The van der Waals surface area contributed by atoms with Gasteiger partial charge in [0.1, 0.15) is 5.75 Å². The van der Waals surface area contributed by atoms with Crippen molar-refractivity contribution in [1.29, 1.82) is 0 Å². The molecule has 1 N–H and O–H groups in total. The smallest absolute Gasteiger partial charge is 0.219 e. The van der Waals surface area contributed by atoms with E-state index in [9.17, 15) is 4.79 Å². The molecule has 1 amide bonds. The van der Waals surface area contributed by atoms with Gasteiger partial charge in [0.05, 0.1) is 12.1 Å². The molecule has 4 nitrogen and oxygen atoms in total. The van der Waals surface area contributed by atoms with E-state index in [-0.39, 0.29) is 5.91 Å². The zero-order valence-electron chi connectivity index (χ0n) is 12.2. The van der Waals surface area contributed by atoms with Gasteiger partial charge in [-0.1, -0.05) is 6.07 Å². The predicted molar refractivity (Wildman–Crippen MR) is 80.0 cm³/mol. The second-order valence-corrected chi connectivity index (χ2v) is 4.86. The third-order valence-corrected chi connectivity index (χ3v) is 3.21. The van der Waals surface area contributed by atoms with Gasteiger partial charge < -0.3 is 10.1 Å². The lowest BCUT2D eigenvalue weighted by Crippen LogP contribution is -2.18. The first-order valence-electron chi connectivity index (χ1n) is 6.82. The van der Waals surface area contributed by atoms with Crippen LogP contribution in [-0.4, -0.2) is 24.5 Å². The summed E-state index contributed by atoms with van der Waals surface area (Å²) in [6.07, 6.45) is 1.19. The highest BCUT2D eigenvalue weighted by molar-refractivity contribution is 5.88. The van der Waals surface area contributed by atoms with Crippen molar-refractivity contribution in [2.45, 2.75) is 26.7 Å². The number of benzene rings is 1. The van der Waals surface area contributed by atoms with Crippen molar-refractivity contribution in [1.82, 2.24) is 10.3 Å². The zero-order chi connectivity index (χ0) is 14.5. The Labute approximate surface area is 119 Å². The number of nitrogens with zero attached hydrogens (tertiary/aromatic N) is 1. The summed E-state index contributed by atoms with van der Waals surface area (Å²) in [4.78, 5) is 15.7. The molecule has 0 unspecified atom stereocenters. The first-order chi connectivity index (χ1) is 9.61. The van der Waals surface area contributed by atoms with Crippen molar-refractivity contribution < 1.29 is 9.53 Å². The normalized spacial score (nSPS) is 10.6. The van der Waals surface area contributed by atoms with E-state index < -0.39 is 0 Å². The SMILES string of the molecule is CNC(=O)CCCOc1cccc2nc(C)cc(C)c12. The molecule has 1 aromatic heterocycles. The quantitative estimate of drug-likeness (QED) is 0.851. The topological polar surface area (TPSA) is 51.2 Å². The molecule has 2 aromatic rings. The molecule has 1 heterocycles. The Morgan fingerprint density at radius 3 is 2.90 bits per heavy atom. The number of amides is 1. The average Bonchev–Trinajstić information content (AvgIpc) is 2.42. The lowest BCUT2D eigenvalue weighted by molar-refractivity contribution is -0.120. The summed E-state index contributed by atoms with van der Waals surface area (Å²) in [5.41, 5.74) is 3.12. The molecule has 0 atom stereocenters. The molecule has 0 spiro atoms. The van der Waals surface area contributed by atoms with E-state index in [1.54, 1.807) is 7.05 Å². The van der Waals surface area contributed by atoms with Crippen LogP contribution in [0.3, 0.4) is 0 Å². The van der Waals surface area contributed by atoms with Crippen LogP contribution in [0.5, 0.6) is 5.75 Å². The number of hydrogen-bond donors (Lipinski definition) is 1. The molecule has 0 aliphatic carbocycles. The van der Waals surface area contributed by atoms with E-state index in [2.05, 4.69) is 23.3 Å². The Balaban J connectivity index is 2.12. The molecule has 106 valence electrons. The highest BCUT2D eigenvalue weighted by atomic mass is 16.5. The fourth-order valence-electron chi connectivity index (χ4n) is 2.28. The van der Waals surface area contributed by atoms with Crippen LogP contribution in [0.4, 0.5) is 0 Å². The number of hydrogen-bond acceptors (Lipinski definition) is 3. The predicted octanol–water partition coefficient (Wildman–Crippen LogP) is 2.76. The van der Waals surface area contributed by atoms with Crippen LogP contribution in [0.25, 0.3) is 10.9 Å². The van der Waals surface area contributed by atoms with Gasteiger partial charge in [-0.05, 0) is 44.0 Å². The number of nitrogens with one attached hydrogen (secondary N) is 1. The molecule has 2 rings (SSSR count). The van der Waals surface area contributed by atoms with Gasteiger partial charge in [0.15, 0.2) is 0 Å². The van der Waals surface area contributed by atoms with E-state index in [0.29, 0.717) is 19.4 Å². The van der Waals surface area contributed by atoms with Gasteiger partial charge in [0.2, 0.25) is 5.91 Å². The molecule has 20 heavy (non-hydrogen) atoms. The van der Waals surface area contributed by atoms with E-state index in [0.717, 1.165) is 27.9 Å². The van der Waals surface area contributed by atoms with E-state index in [1.165, 1.54) is 0 Å². The molecule has 0 aliphatic rings. The number of carbonyl (C=O) groups is 1. The number of aryl methyl sites for hydroxylation is 2. The highest BCUT2D eigenvalue weighted by Gasteiger charge is 2.07. The standard InChI is InChI=1S/C16H20N2O2/c1-11-10-12(2)18-13-6-4-7-14(16(11)13)20-9-5-8-15(19)17-3/h4,6-7,10H,5,8-9H2,1-3H3,(H,17,19). The molecule has 4 heteroatoms. The van der Waals surface area contributed by atoms with Gasteiger partial charge >= 0.3 is 0 Å². The molecular formula is C16H20N2O2. The number of carbonyl (C=O) groups excluding carboxylic acids is 1. The largest absolute Gasteiger partial charge is 0.493 e. The van der Waals surface area contributed by atoms with E-state index >= 15 is 0 Å². The van der Waals surface area contributed by atoms with E-state index in [4.69, 9.17) is 4.74 Å². The van der Waals surface area contributed by atoms with Crippen molar-refractivity contribution in [2.24, 2.45) is 0 Å². The first-order valence-corrected chi connectivity index (χ1v) is 6.82. The summed E-state index contributed by atoms with van der Waals surface area (Å²) in [6.45, 7) is 4.58. The lowest BCUT2D eigenvalue weighted by atomic mass is 10.1. The Kier molecular flexibility index (Phi) is 4.56. The first kappa shape index (κ1) is 14.3. The van der Waals surface area contributed by atoms with Gasteiger partial charge in [-0.15, -0.1) is 0 Å². The van der Waals surface area contributed by atoms with Gasteiger partial charge in [-0.2, -0.15) is 0 Å². The van der Waals surface area contributed by atoms with Crippen LogP contribution in [0.15, 0.2) is 24.3 Å². The second kappa shape index (κ2) is 6.37. The Morgan fingerprint density at radius 2 is 2.15 bits per heavy atom. The van der Waals surface area contributed by atoms with E-state index in [1.807, 2.05) is 25.1 Å². The summed E-state index contributed by atoms with van der Waals surface area (Å²) >= 11 is 0. The van der Waals surface area contributed by atoms with Gasteiger partial charge in [-0.3, -0.25) is 9.78 Å². The Bertz CT molecular complexity index is 623. The van der Waals surface area contributed by atoms with Crippen molar-refractivity contribution in [2.75, 3.05) is 13.7 Å². The average molecular weight is 272 g/mol. The maximum absolute atomic E-state index is 11.2. The minimum absolute atomic E-state index is 0.0417. The molecule has 0 aliphatic heterocycles. The molecular weight excluding hydrogens is 252 g/mol. The molecule has 0 fully saturated rings. The summed E-state index contributed by atoms with van der Waals surface area (Å²) in [5.74, 6) is 0.879. The number of pyridine rings is 1. The van der Waals surface area contributed by atoms with Gasteiger partial charge in [-0.25, -0.2) is 0 Å². The fourth-order valence-corrected chi connectivity index (χ4v) is 2.28. The maximum Gasteiger partial charge on any atom is 0.219 e. The summed E-state index contributed by atoms with van der Waals surface area (Å²) in [6, 6.07) is 7.95. The van der Waals surface area contributed by atoms with Crippen molar-refractivity contribution in [3.8, 4) is 5.75 Å². The molecule has 0 radical (unpaired) electrons. The molecule has 0 bridgehead atoms. The number of rotatable bonds is 5. The molecule has 0 saturated heterocycles. The number of fused-ring (bicyclic) bond motifs is 1. The van der Waals surface area contributed by atoms with Gasteiger partial charge in [0.25, 0.3) is 0 Å². The third-order valence-electron chi connectivity index (χ3n) is 3.21. The van der Waals surface area contributed by atoms with Crippen LogP contribution < -0.4 is 10.1 Å². The van der Waals surface area contributed by atoms with Crippen LogP contribution in [-0.2, 0) is 4.79 Å². The summed E-state index contributed by atoms with van der Waals surface area (Å²) < 4.78 is 5.81. The molecule has 1 aromatic carbocycles. The highest BCUT2D eigenvalue weighted by Crippen LogP contribution is 2.28. The zero-order valence-corrected chi connectivity index (χ0v) is 12.2. The fraction of sp³-hybridized carbons (Fsp3) is 0.375. The van der Waals surface area contributed by atoms with Crippen LogP contribution in [0.1, 0.15) is 24.1 Å². The van der Waals surface area contributed by atoms with Crippen LogP contribution in [0, 0.1) is 13.8 Å². The number of ether oxygens (including phenoxy) is 1. The second-order valence-electron chi connectivity index (χ2n) is 4.86. The monoisotopic (exact) mass is 272 g/mol. The van der Waals surface area contributed by atoms with Crippen LogP contribution in [0.2, 0.25) is 0 Å². The summed E-state index contributed by atoms with van der Waals surface area (Å²) in [7, 11) is 1.64. The van der Waals surface area contributed by atoms with Crippen molar-refractivity contribution >= 4 is 16.8 Å². The minimum Gasteiger partial charge on any atom is -0.493 e. The van der Waals surface area contributed by atoms with Gasteiger partial charge in [0, 0.05) is 24.5 Å². The minimum atomic E-state index is 0.0417. The van der Waals surface area contributed by atoms with Crippen LogP contribution >= 0.6 is 0 Å². The Hall–Kier alpha value is -2.10. The lowest BCUT2D eigenvalue weighted by Gasteiger charge is -2.11.